The molecule has 41 heavy (non-hydrogen) atoms. The van der Waals surface area contributed by atoms with Crippen molar-refractivity contribution >= 4 is 45.7 Å². The van der Waals surface area contributed by atoms with Gasteiger partial charge in [-0.25, -0.2) is 4.98 Å². The first kappa shape index (κ1) is 27.2. The first-order chi connectivity index (χ1) is 19.8. The number of phenolic OH excluding ortho intramolecular Hbond substituents is 2. The molecule has 0 fully saturated rings. The van der Waals surface area contributed by atoms with Crippen LogP contribution >= 0.6 is 0 Å². The van der Waals surface area contributed by atoms with Crippen LogP contribution in [0.1, 0.15) is 29.5 Å². The van der Waals surface area contributed by atoms with Gasteiger partial charge in [0.15, 0.2) is 5.82 Å². The molecule has 206 valence electrons. The molecule has 0 bridgehead atoms. The Labute approximate surface area is 237 Å². The van der Waals surface area contributed by atoms with Crippen molar-refractivity contribution in [3.8, 4) is 22.9 Å². The topological polar surface area (TPSA) is 128 Å². The van der Waals surface area contributed by atoms with Crippen molar-refractivity contribution < 1.29 is 20.1 Å². The monoisotopic (exact) mass is 546 g/mol. The summed E-state index contributed by atoms with van der Waals surface area (Å²) >= 11 is 0. The number of pyridine rings is 2. The van der Waals surface area contributed by atoms with E-state index in [9.17, 15) is 15.0 Å². The number of hydrogen-bond donors (Lipinski definition) is 5. The molecule has 3 aromatic carbocycles. The molecule has 0 aliphatic carbocycles. The molecular weight excluding hydrogens is 516 g/mol. The van der Waals surface area contributed by atoms with Gasteiger partial charge in [-0.15, -0.1) is 0 Å². The molecule has 8 heteroatoms. The molecule has 0 saturated carbocycles. The van der Waals surface area contributed by atoms with E-state index in [0.29, 0.717) is 39.2 Å². The van der Waals surface area contributed by atoms with Crippen LogP contribution < -0.4 is 10.6 Å². The molecule has 2 heterocycles. The maximum absolute atomic E-state index is 11.6. The Morgan fingerprint density at radius 3 is 2.15 bits per heavy atom. The number of carbonyl (C=O) groups is 1. The zero-order chi connectivity index (χ0) is 28.9. The molecule has 0 unspecified atom stereocenters. The van der Waals surface area contributed by atoms with Crippen LogP contribution in [0.5, 0.6) is 11.5 Å². The average Bonchev–Trinajstić information content (AvgIpc) is 2.96. The van der Waals surface area contributed by atoms with Crippen LogP contribution in [-0.4, -0.2) is 31.3 Å². The summed E-state index contributed by atoms with van der Waals surface area (Å²) in [6, 6.07) is 22.6. The third kappa shape index (κ3) is 6.12. The summed E-state index contributed by atoms with van der Waals surface area (Å²) in [5.74, 6) is -0.674. The number of aliphatic carboxylic acids is 1. The fraction of sp³-hybridized carbons (Fsp3) is 0.121. The van der Waals surface area contributed by atoms with E-state index in [1.54, 1.807) is 30.5 Å². The van der Waals surface area contributed by atoms with Crippen molar-refractivity contribution in [2.75, 3.05) is 10.6 Å². The molecule has 8 nitrogen and oxygen atoms in total. The summed E-state index contributed by atoms with van der Waals surface area (Å²) in [4.78, 5) is 20.4. The van der Waals surface area contributed by atoms with E-state index in [1.165, 1.54) is 6.07 Å². The summed E-state index contributed by atoms with van der Waals surface area (Å²) in [7, 11) is 0. The van der Waals surface area contributed by atoms with Crippen molar-refractivity contribution in [1.82, 2.24) is 9.97 Å². The number of fused-ring (bicyclic) bond motifs is 1. The standard InChI is InChI=1S/C33H30N4O4/c1-20-10-14-23(15-11-20)35-31-28-26(38)19-22(7-3-4-9-27(39)40)32(41)29(28)30(25-8-5-6-18-34-25)37-33(31)36-24-16-12-21(2)13-17-24/h3,5-8,10-19,35,38,41H,4,9H2,1-2H3,(H,36,37)(H,39,40)/b7-3+. The highest BCUT2D eigenvalue weighted by Crippen LogP contribution is 2.48. The van der Waals surface area contributed by atoms with E-state index in [-0.39, 0.29) is 24.3 Å². The number of carboxylic acids is 1. The lowest BCUT2D eigenvalue weighted by Gasteiger charge is -2.20. The van der Waals surface area contributed by atoms with Gasteiger partial charge >= 0.3 is 5.97 Å². The van der Waals surface area contributed by atoms with Crippen molar-refractivity contribution in [2.45, 2.75) is 26.7 Å². The maximum atomic E-state index is 11.6. The Morgan fingerprint density at radius 2 is 1.54 bits per heavy atom. The van der Waals surface area contributed by atoms with E-state index in [4.69, 9.17) is 10.1 Å². The molecule has 0 amide bonds. The van der Waals surface area contributed by atoms with Gasteiger partial charge in [0.25, 0.3) is 0 Å². The van der Waals surface area contributed by atoms with Crippen molar-refractivity contribution in [3.05, 3.63) is 102 Å². The molecule has 5 rings (SSSR count). The SMILES string of the molecule is Cc1ccc(Nc2nc(-c3ccccn3)c3c(O)c(/C=C/CCC(=O)O)cc(O)c3c2Nc2ccc(C)cc2)cc1. The lowest BCUT2D eigenvalue weighted by atomic mass is 9.98. The summed E-state index contributed by atoms with van der Waals surface area (Å²) in [6.07, 6.45) is 5.13. The van der Waals surface area contributed by atoms with E-state index in [0.717, 1.165) is 22.5 Å². The number of hydrogen-bond acceptors (Lipinski definition) is 7. The van der Waals surface area contributed by atoms with E-state index < -0.39 is 5.97 Å². The van der Waals surface area contributed by atoms with E-state index in [2.05, 4.69) is 15.6 Å². The molecule has 2 aromatic heterocycles. The molecule has 5 aromatic rings. The third-order valence-electron chi connectivity index (χ3n) is 6.62. The number of aryl methyl sites for hydroxylation is 2. The maximum Gasteiger partial charge on any atom is 0.303 e. The molecule has 0 spiro atoms. The zero-order valence-corrected chi connectivity index (χ0v) is 22.7. The van der Waals surface area contributed by atoms with Gasteiger partial charge in [0.1, 0.15) is 17.2 Å². The number of aromatic nitrogens is 2. The normalized spacial score (nSPS) is 11.2. The number of allylic oxidation sites excluding steroid dienone is 1. The number of rotatable bonds is 9. The fourth-order valence-corrected chi connectivity index (χ4v) is 4.50. The minimum absolute atomic E-state index is 0.0454. The van der Waals surface area contributed by atoms with Gasteiger partial charge in [-0.2, -0.15) is 0 Å². The Balaban J connectivity index is 1.77. The number of phenols is 2. The zero-order valence-electron chi connectivity index (χ0n) is 22.7. The molecule has 0 radical (unpaired) electrons. The summed E-state index contributed by atoms with van der Waals surface area (Å²) in [5, 5.41) is 39.5. The lowest BCUT2D eigenvalue weighted by Crippen LogP contribution is -2.04. The number of nitrogens with one attached hydrogen (secondary N) is 2. The molecule has 0 aliphatic rings. The highest BCUT2D eigenvalue weighted by atomic mass is 16.4. The van der Waals surface area contributed by atoms with Crippen LogP contribution in [0.25, 0.3) is 28.2 Å². The number of benzene rings is 3. The second kappa shape index (κ2) is 11.8. The molecular formula is C33H30N4O4. The average molecular weight is 547 g/mol. The molecule has 0 atom stereocenters. The van der Waals surface area contributed by atoms with Gasteiger partial charge in [-0.05, 0) is 62.7 Å². The lowest BCUT2D eigenvalue weighted by molar-refractivity contribution is -0.136. The molecule has 5 N–H and O–H groups in total. The quantitative estimate of drug-likeness (QED) is 0.119. The highest BCUT2D eigenvalue weighted by Gasteiger charge is 2.24. The van der Waals surface area contributed by atoms with E-state index >= 15 is 0 Å². The van der Waals surface area contributed by atoms with Gasteiger partial charge in [0.05, 0.1) is 22.2 Å². The van der Waals surface area contributed by atoms with Crippen molar-refractivity contribution in [2.24, 2.45) is 0 Å². The smallest absolute Gasteiger partial charge is 0.303 e. The van der Waals surface area contributed by atoms with Crippen LogP contribution in [0.4, 0.5) is 22.9 Å². The van der Waals surface area contributed by atoms with Crippen LogP contribution in [-0.2, 0) is 4.79 Å². The molecule has 0 saturated heterocycles. The highest BCUT2D eigenvalue weighted by molar-refractivity contribution is 6.13. The summed E-state index contributed by atoms with van der Waals surface area (Å²) in [5.41, 5.74) is 5.46. The van der Waals surface area contributed by atoms with Gasteiger partial charge in [0, 0.05) is 29.6 Å². The second-order valence-corrected chi connectivity index (χ2v) is 9.80. The summed E-state index contributed by atoms with van der Waals surface area (Å²) < 4.78 is 0. The second-order valence-electron chi connectivity index (χ2n) is 9.80. The van der Waals surface area contributed by atoms with Gasteiger partial charge in [0.2, 0.25) is 0 Å². The summed E-state index contributed by atoms with van der Waals surface area (Å²) in [6.45, 7) is 4.01. The van der Waals surface area contributed by atoms with Gasteiger partial charge in [-0.1, -0.05) is 53.6 Å². The Kier molecular flexibility index (Phi) is 7.83. The predicted octanol–water partition coefficient (Wildman–Crippen LogP) is 7.69. The number of aromatic hydroxyl groups is 2. The third-order valence-corrected chi connectivity index (χ3v) is 6.62. The first-order valence-electron chi connectivity index (χ1n) is 13.2. The Morgan fingerprint density at radius 1 is 0.878 bits per heavy atom. The van der Waals surface area contributed by atoms with Crippen LogP contribution in [0.3, 0.4) is 0 Å². The van der Waals surface area contributed by atoms with Crippen molar-refractivity contribution in [3.63, 3.8) is 0 Å². The predicted molar refractivity (Wildman–Crippen MR) is 163 cm³/mol. The minimum Gasteiger partial charge on any atom is -0.507 e. The van der Waals surface area contributed by atoms with Crippen LogP contribution in [0, 0.1) is 13.8 Å². The first-order valence-corrected chi connectivity index (χ1v) is 13.2. The van der Waals surface area contributed by atoms with Gasteiger partial charge in [-0.3, -0.25) is 9.78 Å². The van der Waals surface area contributed by atoms with E-state index in [1.807, 2.05) is 68.4 Å². The number of anilines is 4. The van der Waals surface area contributed by atoms with Gasteiger partial charge < -0.3 is 26.0 Å². The number of carboxylic acid groups (broad SMARTS) is 1. The molecule has 0 aliphatic heterocycles. The van der Waals surface area contributed by atoms with Crippen molar-refractivity contribution in [1.29, 1.82) is 0 Å². The Bertz CT molecular complexity index is 1730. The largest absolute Gasteiger partial charge is 0.507 e. The minimum atomic E-state index is -0.915. The Hall–Kier alpha value is -5.37. The fourth-order valence-electron chi connectivity index (χ4n) is 4.50. The van der Waals surface area contributed by atoms with Crippen LogP contribution in [0.2, 0.25) is 0 Å². The van der Waals surface area contributed by atoms with Crippen LogP contribution in [0.15, 0.2) is 85.1 Å². The number of nitrogens with zero attached hydrogens (tertiary/aromatic N) is 2.